The molecule has 0 radical (unpaired) electrons. The van der Waals surface area contributed by atoms with Crippen LogP contribution in [0.3, 0.4) is 0 Å². The molecule has 140 valence electrons. The normalized spacial score (nSPS) is 11.9. The molecule has 0 saturated heterocycles. The zero-order valence-corrected chi connectivity index (χ0v) is 15.8. The van der Waals surface area contributed by atoms with Gasteiger partial charge in [-0.1, -0.05) is 48.5 Å². The number of anilines is 1. The number of phenols is 1. The molecule has 0 spiro atoms. The highest BCUT2D eigenvalue weighted by atomic mass is 16.5. The lowest BCUT2D eigenvalue weighted by Crippen LogP contribution is -2.09. The molecule has 4 rings (SSSR count). The summed E-state index contributed by atoms with van der Waals surface area (Å²) in [4.78, 5) is 9.39. The van der Waals surface area contributed by atoms with Gasteiger partial charge in [-0.15, -0.1) is 0 Å². The van der Waals surface area contributed by atoms with Crippen molar-refractivity contribution in [3.63, 3.8) is 0 Å². The summed E-state index contributed by atoms with van der Waals surface area (Å²) in [5.41, 5.74) is 2.49. The van der Waals surface area contributed by atoms with Crippen LogP contribution < -0.4 is 10.1 Å². The van der Waals surface area contributed by atoms with Gasteiger partial charge in [0, 0.05) is 11.4 Å². The van der Waals surface area contributed by atoms with E-state index in [4.69, 9.17) is 9.72 Å². The maximum absolute atomic E-state index is 10.5. The maximum atomic E-state index is 10.5. The third kappa shape index (κ3) is 3.34. The van der Waals surface area contributed by atoms with Crippen LogP contribution in [0.25, 0.3) is 22.3 Å². The smallest absolute Gasteiger partial charge is 0.168 e. The Morgan fingerprint density at radius 2 is 1.64 bits per heavy atom. The van der Waals surface area contributed by atoms with Gasteiger partial charge in [-0.3, -0.25) is 0 Å². The van der Waals surface area contributed by atoms with Gasteiger partial charge in [-0.05, 0) is 36.8 Å². The number of nitrogens with one attached hydrogen (secondary N) is 1. The summed E-state index contributed by atoms with van der Waals surface area (Å²) in [6.07, 6.45) is 0. The number of hydrogen-bond donors (Lipinski definition) is 2. The quantitative estimate of drug-likeness (QED) is 0.506. The summed E-state index contributed by atoms with van der Waals surface area (Å²) < 4.78 is 5.23. The summed E-state index contributed by atoms with van der Waals surface area (Å²) in [7, 11) is 1.52. The zero-order chi connectivity index (χ0) is 19.5. The Balaban J connectivity index is 1.82. The van der Waals surface area contributed by atoms with E-state index in [0.717, 1.165) is 22.3 Å². The SMILES string of the molecule is COc1cccc(-c2nc(N[C@H](C)c3ccccc3)c3ccccc3n2)c1O. The number of aromatic nitrogens is 2. The average Bonchev–Trinajstić information content (AvgIpc) is 2.74. The second-order valence-corrected chi connectivity index (χ2v) is 6.55. The van der Waals surface area contributed by atoms with E-state index in [-0.39, 0.29) is 11.8 Å². The van der Waals surface area contributed by atoms with Crippen molar-refractivity contribution in [1.29, 1.82) is 0 Å². The molecule has 0 amide bonds. The number of benzene rings is 3. The lowest BCUT2D eigenvalue weighted by Gasteiger charge is -2.17. The fourth-order valence-electron chi connectivity index (χ4n) is 3.20. The second-order valence-electron chi connectivity index (χ2n) is 6.55. The van der Waals surface area contributed by atoms with Crippen molar-refractivity contribution in [1.82, 2.24) is 9.97 Å². The van der Waals surface area contributed by atoms with Crippen molar-refractivity contribution in [3.8, 4) is 22.9 Å². The first-order chi connectivity index (χ1) is 13.7. The number of ether oxygens (including phenoxy) is 1. The largest absolute Gasteiger partial charge is 0.504 e. The van der Waals surface area contributed by atoms with Crippen LogP contribution in [-0.4, -0.2) is 22.2 Å². The van der Waals surface area contributed by atoms with Crippen LogP contribution in [0.1, 0.15) is 18.5 Å². The third-order valence-corrected chi connectivity index (χ3v) is 4.72. The van der Waals surface area contributed by atoms with Crippen molar-refractivity contribution >= 4 is 16.7 Å². The molecule has 4 aromatic rings. The molecule has 28 heavy (non-hydrogen) atoms. The van der Waals surface area contributed by atoms with Gasteiger partial charge in [-0.25, -0.2) is 9.97 Å². The van der Waals surface area contributed by atoms with E-state index < -0.39 is 0 Å². The number of methoxy groups -OCH3 is 1. The van der Waals surface area contributed by atoms with Crippen LogP contribution in [-0.2, 0) is 0 Å². The molecule has 1 aromatic heterocycles. The summed E-state index contributed by atoms with van der Waals surface area (Å²) in [5, 5.41) is 15.0. The van der Waals surface area contributed by atoms with Crippen molar-refractivity contribution in [2.24, 2.45) is 0 Å². The molecule has 0 saturated carbocycles. The molecule has 0 aliphatic carbocycles. The Bertz CT molecular complexity index is 1110. The van der Waals surface area contributed by atoms with Gasteiger partial charge in [0.2, 0.25) is 0 Å². The monoisotopic (exact) mass is 371 g/mol. The topological polar surface area (TPSA) is 67.3 Å². The van der Waals surface area contributed by atoms with E-state index in [9.17, 15) is 5.11 Å². The lowest BCUT2D eigenvalue weighted by atomic mass is 10.1. The molecular weight excluding hydrogens is 350 g/mol. The van der Waals surface area contributed by atoms with E-state index in [0.29, 0.717) is 17.1 Å². The number of hydrogen-bond acceptors (Lipinski definition) is 5. The Kier molecular flexibility index (Phi) is 4.81. The maximum Gasteiger partial charge on any atom is 0.168 e. The number of aromatic hydroxyl groups is 1. The van der Waals surface area contributed by atoms with E-state index in [1.165, 1.54) is 7.11 Å². The van der Waals surface area contributed by atoms with E-state index in [1.807, 2.05) is 48.5 Å². The van der Waals surface area contributed by atoms with Crippen molar-refractivity contribution < 1.29 is 9.84 Å². The van der Waals surface area contributed by atoms with Crippen LogP contribution in [0.4, 0.5) is 5.82 Å². The highest BCUT2D eigenvalue weighted by Crippen LogP contribution is 2.37. The standard InChI is InChI=1S/C23H21N3O2/c1-15(16-9-4-3-5-10-16)24-22-17-11-6-7-13-19(17)25-23(26-22)18-12-8-14-20(28-2)21(18)27/h3-15,27H,1-2H3,(H,24,25,26)/t15-/m1/s1. The molecule has 5 nitrogen and oxygen atoms in total. The predicted molar refractivity (Wildman–Crippen MR) is 112 cm³/mol. The van der Waals surface area contributed by atoms with Gasteiger partial charge in [0.1, 0.15) is 5.82 Å². The zero-order valence-electron chi connectivity index (χ0n) is 15.8. The van der Waals surface area contributed by atoms with Gasteiger partial charge in [-0.2, -0.15) is 0 Å². The first kappa shape index (κ1) is 17.8. The van der Waals surface area contributed by atoms with Crippen LogP contribution >= 0.6 is 0 Å². The van der Waals surface area contributed by atoms with Crippen LogP contribution in [0.15, 0.2) is 72.8 Å². The Morgan fingerprint density at radius 3 is 2.43 bits per heavy atom. The number of para-hydroxylation sites is 2. The summed E-state index contributed by atoms with van der Waals surface area (Å²) in [5.74, 6) is 1.58. The highest BCUT2D eigenvalue weighted by molar-refractivity contribution is 5.91. The minimum absolute atomic E-state index is 0.0299. The van der Waals surface area contributed by atoms with Crippen LogP contribution in [0.2, 0.25) is 0 Å². The molecular formula is C23H21N3O2. The molecule has 3 aromatic carbocycles. The van der Waals surface area contributed by atoms with Gasteiger partial charge in [0.25, 0.3) is 0 Å². The first-order valence-electron chi connectivity index (χ1n) is 9.12. The lowest BCUT2D eigenvalue weighted by molar-refractivity contribution is 0.374. The van der Waals surface area contributed by atoms with E-state index >= 15 is 0 Å². The Morgan fingerprint density at radius 1 is 0.893 bits per heavy atom. The molecule has 2 N–H and O–H groups in total. The minimum Gasteiger partial charge on any atom is -0.504 e. The summed E-state index contributed by atoms with van der Waals surface area (Å²) >= 11 is 0. The molecule has 0 aliphatic rings. The molecule has 0 unspecified atom stereocenters. The fraction of sp³-hybridized carbons (Fsp3) is 0.130. The average molecular weight is 371 g/mol. The minimum atomic E-state index is 0.0299. The molecule has 0 bridgehead atoms. The molecule has 1 atom stereocenters. The number of phenolic OH excluding ortho intramolecular Hbond substituents is 1. The summed E-state index contributed by atoms with van der Waals surface area (Å²) in [6.45, 7) is 2.09. The molecule has 1 heterocycles. The Hall–Kier alpha value is -3.60. The van der Waals surface area contributed by atoms with Gasteiger partial charge >= 0.3 is 0 Å². The van der Waals surface area contributed by atoms with Gasteiger partial charge in [0.15, 0.2) is 17.3 Å². The molecule has 0 fully saturated rings. The van der Waals surface area contributed by atoms with Gasteiger partial charge < -0.3 is 15.2 Å². The summed E-state index contributed by atoms with van der Waals surface area (Å²) in [6, 6.07) is 23.4. The number of rotatable bonds is 5. The Labute approximate surface area is 163 Å². The van der Waals surface area contributed by atoms with E-state index in [2.05, 4.69) is 29.4 Å². The van der Waals surface area contributed by atoms with E-state index in [1.54, 1.807) is 12.1 Å². The van der Waals surface area contributed by atoms with Crippen molar-refractivity contribution in [2.75, 3.05) is 12.4 Å². The molecule has 5 heteroatoms. The second kappa shape index (κ2) is 7.56. The highest BCUT2D eigenvalue weighted by Gasteiger charge is 2.16. The number of nitrogens with zero attached hydrogens (tertiary/aromatic N) is 2. The fourth-order valence-corrected chi connectivity index (χ4v) is 3.20. The van der Waals surface area contributed by atoms with Crippen molar-refractivity contribution in [3.05, 3.63) is 78.4 Å². The van der Waals surface area contributed by atoms with Crippen molar-refractivity contribution in [2.45, 2.75) is 13.0 Å². The molecule has 0 aliphatic heterocycles. The number of fused-ring (bicyclic) bond motifs is 1. The van der Waals surface area contributed by atoms with Crippen LogP contribution in [0.5, 0.6) is 11.5 Å². The first-order valence-corrected chi connectivity index (χ1v) is 9.12. The third-order valence-electron chi connectivity index (χ3n) is 4.72. The van der Waals surface area contributed by atoms with Gasteiger partial charge in [0.05, 0.1) is 18.2 Å². The van der Waals surface area contributed by atoms with Crippen LogP contribution in [0, 0.1) is 0 Å². The predicted octanol–water partition coefficient (Wildman–Crippen LogP) is 5.18.